The minimum absolute atomic E-state index is 0.0545. The van der Waals surface area contributed by atoms with Gasteiger partial charge in [0.05, 0.1) is 12.5 Å². The number of hydrogen-bond acceptors (Lipinski definition) is 5. The lowest BCUT2D eigenvalue weighted by Crippen LogP contribution is -2.37. The lowest BCUT2D eigenvalue weighted by molar-refractivity contribution is 0.0705. The molecule has 0 saturated heterocycles. The standard InChI is InChI=1S/C11H16N4OS/c1-8(2)15(5-3-4-12)11(16)9-7-17-10(6-13)14-9/h7-8H,3,5-6,13H2,1-2H3. The number of nitrogens with two attached hydrogens (primary N) is 1. The van der Waals surface area contributed by atoms with Gasteiger partial charge in [0, 0.05) is 24.5 Å². The van der Waals surface area contributed by atoms with Gasteiger partial charge in [-0.3, -0.25) is 4.79 Å². The summed E-state index contributed by atoms with van der Waals surface area (Å²) in [5.74, 6) is -0.133. The van der Waals surface area contributed by atoms with Gasteiger partial charge in [-0.25, -0.2) is 4.98 Å². The number of amides is 1. The fraction of sp³-hybridized carbons (Fsp3) is 0.545. The van der Waals surface area contributed by atoms with Gasteiger partial charge in [0.15, 0.2) is 0 Å². The van der Waals surface area contributed by atoms with Gasteiger partial charge >= 0.3 is 0 Å². The molecule has 1 amide bonds. The lowest BCUT2D eigenvalue weighted by atomic mass is 10.2. The van der Waals surface area contributed by atoms with Crippen molar-refractivity contribution in [2.75, 3.05) is 6.54 Å². The molecule has 0 atom stereocenters. The molecule has 1 aromatic rings. The monoisotopic (exact) mass is 252 g/mol. The maximum Gasteiger partial charge on any atom is 0.273 e. The van der Waals surface area contributed by atoms with Crippen LogP contribution in [0.4, 0.5) is 0 Å². The highest BCUT2D eigenvalue weighted by Crippen LogP contribution is 2.13. The lowest BCUT2D eigenvalue weighted by Gasteiger charge is -2.24. The zero-order valence-corrected chi connectivity index (χ0v) is 10.8. The van der Waals surface area contributed by atoms with Gasteiger partial charge in [-0.2, -0.15) is 5.26 Å². The van der Waals surface area contributed by atoms with Crippen LogP contribution >= 0.6 is 11.3 Å². The van der Waals surface area contributed by atoms with Crippen molar-refractivity contribution < 1.29 is 4.79 Å². The van der Waals surface area contributed by atoms with Gasteiger partial charge in [0.1, 0.15) is 10.7 Å². The summed E-state index contributed by atoms with van der Waals surface area (Å²) in [4.78, 5) is 18.0. The number of nitrogens with zero attached hydrogens (tertiary/aromatic N) is 3. The third-order valence-electron chi connectivity index (χ3n) is 2.29. The Morgan fingerprint density at radius 3 is 2.88 bits per heavy atom. The van der Waals surface area contributed by atoms with Crippen LogP contribution in [-0.4, -0.2) is 28.4 Å². The summed E-state index contributed by atoms with van der Waals surface area (Å²) in [5, 5.41) is 11.0. The van der Waals surface area contributed by atoms with Gasteiger partial charge in [-0.1, -0.05) is 0 Å². The molecule has 5 nitrogen and oxygen atoms in total. The molecule has 92 valence electrons. The van der Waals surface area contributed by atoms with Crippen molar-refractivity contribution in [1.29, 1.82) is 5.26 Å². The second-order valence-electron chi connectivity index (χ2n) is 3.83. The first kappa shape index (κ1) is 13.6. The molecule has 1 rings (SSSR count). The summed E-state index contributed by atoms with van der Waals surface area (Å²) in [6.45, 7) is 4.62. The number of aromatic nitrogens is 1. The predicted molar refractivity (Wildman–Crippen MR) is 66.4 cm³/mol. The Morgan fingerprint density at radius 2 is 2.41 bits per heavy atom. The van der Waals surface area contributed by atoms with Crippen LogP contribution in [-0.2, 0) is 6.54 Å². The van der Waals surface area contributed by atoms with Crippen LogP contribution in [0.25, 0.3) is 0 Å². The van der Waals surface area contributed by atoms with Crippen LogP contribution in [0.15, 0.2) is 5.38 Å². The maximum absolute atomic E-state index is 12.1. The molecule has 0 spiro atoms. The maximum atomic E-state index is 12.1. The average molecular weight is 252 g/mol. The zero-order chi connectivity index (χ0) is 12.8. The van der Waals surface area contributed by atoms with Crippen molar-refractivity contribution in [2.24, 2.45) is 5.73 Å². The average Bonchev–Trinajstić information content (AvgIpc) is 2.77. The topological polar surface area (TPSA) is 83.0 Å². The van der Waals surface area contributed by atoms with E-state index >= 15 is 0 Å². The molecule has 0 aromatic carbocycles. The van der Waals surface area contributed by atoms with E-state index < -0.39 is 0 Å². The number of rotatable bonds is 5. The van der Waals surface area contributed by atoms with Crippen molar-refractivity contribution >= 4 is 17.2 Å². The summed E-state index contributed by atoms with van der Waals surface area (Å²) >= 11 is 1.38. The van der Waals surface area contributed by atoms with Crippen molar-refractivity contribution in [1.82, 2.24) is 9.88 Å². The molecule has 0 aliphatic heterocycles. The van der Waals surface area contributed by atoms with Gasteiger partial charge in [-0.15, -0.1) is 11.3 Å². The van der Waals surface area contributed by atoms with E-state index in [2.05, 4.69) is 4.98 Å². The number of hydrogen-bond donors (Lipinski definition) is 1. The van der Waals surface area contributed by atoms with Crippen LogP contribution < -0.4 is 5.73 Å². The van der Waals surface area contributed by atoms with Crippen LogP contribution in [0, 0.1) is 11.3 Å². The summed E-state index contributed by atoms with van der Waals surface area (Å²) < 4.78 is 0. The Morgan fingerprint density at radius 1 is 1.71 bits per heavy atom. The molecule has 0 aliphatic rings. The van der Waals surface area contributed by atoms with Crippen molar-refractivity contribution in [3.63, 3.8) is 0 Å². The van der Waals surface area contributed by atoms with E-state index in [1.807, 2.05) is 19.9 Å². The molecule has 1 aromatic heterocycles. The van der Waals surface area contributed by atoms with E-state index in [1.165, 1.54) is 11.3 Å². The largest absolute Gasteiger partial charge is 0.334 e. The molecule has 0 saturated carbocycles. The first-order chi connectivity index (χ1) is 8.10. The number of carbonyl (C=O) groups excluding carboxylic acids is 1. The molecule has 0 radical (unpaired) electrons. The predicted octanol–water partition coefficient (Wildman–Crippen LogP) is 1.37. The minimum atomic E-state index is -0.133. The third-order valence-corrected chi connectivity index (χ3v) is 3.17. The van der Waals surface area contributed by atoms with Crippen LogP contribution in [0.3, 0.4) is 0 Å². The highest BCUT2D eigenvalue weighted by atomic mass is 32.1. The molecule has 0 fully saturated rings. The van der Waals surface area contributed by atoms with Crippen molar-refractivity contribution in [2.45, 2.75) is 32.9 Å². The highest BCUT2D eigenvalue weighted by molar-refractivity contribution is 7.09. The summed E-state index contributed by atoms with van der Waals surface area (Å²) in [7, 11) is 0. The van der Waals surface area contributed by atoms with Crippen molar-refractivity contribution in [3.8, 4) is 6.07 Å². The molecule has 6 heteroatoms. The highest BCUT2D eigenvalue weighted by Gasteiger charge is 2.20. The molecule has 0 bridgehead atoms. The second-order valence-corrected chi connectivity index (χ2v) is 4.77. The Hall–Kier alpha value is -1.45. The molecular formula is C11H16N4OS. The van der Waals surface area contributed by atoms with Crippen molar-refractivity contribution in [3.05, 3.63) is 16.1 Å². The first-order valence-electron chi connectivity index (χ1n) is 5.42. The minimum Gasteiger partial charge on any atom is -0.334 e. The fourth-order valence-corrected chi connectivity index (χ4v) is 2.06. The number of thiazole rings is 1. The molecule has 2 N–H and O–H groups in total. The molecule has 1 heterocycles. The van der Waals surface area contributed by atoms with Gasteiger partial charge in [-0.05, 0) is 13.8 Å². The summed E-state index contributed by atoms with van der Waals surface area (Å²) in [6.07, 6.45) is 0.331. The van der Waals surface area contributed by atoms with Gasteiger partial charge in [0.2, 0.25) is 0 Å². The Kier molecular flexibility index (Phi) is 5.07. The van der Waals surface area contributed by atoms with E-state index in [9.17, 15) is 4.79 Å². The molecule has 0 aliphatic carbocycles. The second kappa shape index (κ2) is 6.33. The van der Waals surface area contributed by atoms with Crippen LogP contribution in [0.5, 0.6) is 0 Å². The summed E-state index contributed by atoms with van der Waals surface area (Å²) in [5.41, 5.74) is 5.88. The number of carbonyl (C=O) groups is 1. The Labute approximate surface area is 105 Å². The van der Waals surface area contributed by atoms with E-state index in [0.29, 0.717) is 25.2 Å². The number of nitriles is 1. The normalized spacial score (nSPS) is 10.3. The Balaban J connectivity index is 2.80. The van der Waals surface area contributed by atoms with E-state index in [-0.39, 0.29) is 11.9 Å². The Bertz CT molecular complexity index is 421. The quantitative estimate of drug-likeness (QED) is 0.857. The van der Waals surface area contributed by atoms with E-state index in [0.717, 1.165) is 5.01 Å². The van der Waals surface area contributed by atoms with Crippen LogP contribution in [0.2, 0.25) is 0 Å². The molecule has 17 heavy (non-hydrogen) atoms. The third kappa shape index (κ3) is 3.51. The van der Waals surface area contributed by atoms with Crippen LogP contribution in [0.1, 0.15) is 35.8 Å². The zero-order valence-electron chi connectivity index (χ0n) is 10.0. The SMILES string of the molecule is CC(C)N(CCC#N)C(=O)c1csc(CN)n1. The molecular weight excluding hydrogens is 236 g/mol. The van der Waals surface area contributed by atoms with Gasteiger partial charge < -0.3 is 10.6 Å². The van der Waals surface area contributed by atoms with E-state index in [1.54, 1.807) is 10.3 Å². The van der Waals surface area contributed by atoms with E-state index in [4.69, 9.17) is 11.0 Å². The molecule has 0 unspecified atom stereocenters. The first-order valence-corrected chi connectivity index (χ1v) is 6.30. The van der Waals surface area contributed by atoms with Gasteiger partial charge in [0.25, 0.3) is 5.91 Å². The fourth-order valence-electron chi connectivity index (χ4n) is 1.41. The summed E-state index contributed by atoms with van der Waals surface area (Å²) in [6, 6.07) is 2.10. The smallest absolute Gasteiger partial charge is 0.273 e.